The van der Waals surface area contributed by atoms with Gasteiger partial charge >= 0.3 is 0 Å². The molecule has 0 fully saturated rings. The lowest BCUT2D eigenvalue weighted by Gasteiger charge is -2.12. The molecule has 1 aromatic rings. The van der Waals surface area contributed by atoms with Crippen molar-refractivity contribution in [3.05, 3.63) is 23.8 Å². The van der Waals surface area contributed by atoms with E-state index < -0.39 is 0 Å². The van der Waals surface area contributed by atoms with Gasteiger partial charge < -0.3 is 15.3 Å². The Labute approximate surface area is 77.3 Å². The highest BCUT2D eigenvalue weighted by molar-refractivity contribution is 5.61. The lowest BCUT2D eigenvalue weighted by Crippen LogP contribution is -2.11. The van der Waals surface area contributed by atoms with E-state index in [1.165, 1.54) is 0 Å². The smallest absolute Gasteiger partial charge is 0.144 e. The van der Waals surface area contributed by atoms with Gasteiger partial charge in [0.2, 0.25) is 0 Å². The van der Waals surface area contributed by atoms with Crippen LogP contribution in [0.3, 0.4) is 0 Å². The SMILES string of the molecule is CCOc1cccc(CO)c1NN. The molecule has 0 radical (unpaired) electrons. The predicted octanol–water partition coefficient (Wildman–Crippen LogP) is 0.863. The third kappa shape index (κ3) is 2.11. The van der Waals surface area contributed by atoms with Crippen molar-refractivity contribution in [3.8, 4) is 5.75 Å². The summed E-state index contributed by atoms with van der Waals surface area (Å²) in [7, 11) is 0. The molecule has 1 rings (SSSR count). The van der Waals surface area contributed by atoms with E-state index >= 15 is 0 Å². The second-order valence-electron chi connectivity index (χ2n) is 2.53. The third-order valence-electron chi connectivity index (χ3n) is 1.73. The molecule has 4 nitrogen and oxygen atoms in total. The van der Waals surface area contributed by atoms with Crippen LogP contribution in [0.2, 0.25) is 0 Å². The van der Waals surface area contributed by atoms with Gasteiger partial charge in [-0.15, -0.1) is 0 Å². The van der Waals surface area contributed by atoms with Gasteiger partial charge in [0.15, 0.2) is 0 Å². The van der Waals surface area contributed by atoms with Gasteiger partial charge in [0.1, 0.15) is 5.75 Å². The van der Waals surface area contributed by atoms with Crippen LogP contribution in [0, 0.1) is 0 Å². The summed E-state index contributed by atoms with van der Waals surface area (Å²) in [4.78, 5) is 0. The van der Waals surface area contributed by atoms with Crippen molar-refractivity contribution < 1.29 is 9.84 Å². The van der Waals surface area contributed by atoms with E-state index in [1.54, 1.807) is 12.1 Å². The maximum absolute atomic E-state index is 8.99. The fourth-order valence-corrected chi connectivity index (χ4v) is 1.15. The Hall–Kier alpha value is -1.26. The first-order chi connectivity index (χ1) is 6.33. The second kappa shape index (κ2) is 4.69. The molecule has 0 aliphatic carbocycles. The fraction of sp³-hybridized carbons (Fsp3) is 0.333. The minimum atomic E-state index is -0.0551. The highest BCUT2D eigenvalue weighted by atomic mass is 16.5. The molecule has 0 atom stereocenters. The highest BCUT2D eigenvalue weighted by Crippen LogP contribution is 2.27. The number of hydrogen-bond acceptors (Lipinski definition) is 4. The van der Waals surface area contributed by atoms with Crippen LogP contribution in [-0.4, -0.2) is 11.7 Å². The molecule has 13 heavy (non-hydrogen) atoms. The van der Waals surface area contributed by atoms with Gasteiger partial charge in [-0.05, 0) is 13.0 Å². The van der Waals surface area contributed by atoms with E-state index in [-0.39, 0.29) is 6.61 Å². The van der Waals surface area contributed by atoms with Gasteiger partial charge in [0, 0.05) is 5.56 Å². The molecule has 0 saturated heterocycles. The summed E-state index contributed by atoms with van der Waals surface area (Å²) in [5.74, 6) is 5.98. The molecule has 0 spiro atoms. The number of ether oxygens (including phenoxy) is 1. The number of nitrogen functional groups attached to an aromatic ring is 1. The summed E-state index contributed by atoms with van der Waals surface area (Å²) in [6.07, 6.45) is 0. The van der Waals surface area contributed by atoms with E-state index in [2.05, 4.69) is 5.43 Å². The number of nitrogens with two attached hydrogens (primary N) is 1. The Morgan fingerprint density at radius 1 is 1.54 bits per heavy atom. The molecular weight excluding hydrogens is 168 g/mol. The van der Waals surface area contributed by atoms with Gasteiger partial charge in [-0.25, -0.2) is 0 Å². The van der Waals surface area contributed by atoms with Crippen LogP contribution < -0.4 is 16.0 Å². The zero-order valence-corrected chi connectivity index (χ0v) is 7.58. The molecule has 0 heterocycles. The van der Waals surface area contributed by atoms with Crippen LogP contribution in [0.25, 0.3) is 0 Å². The topological polar surface area (TPSA) is 67.5 Å². The normalized spacial score (nSPS) is 9.77. The largest absolute Gasteiger partial charge is 0.492 e. The first-order valence-electron chi connectivity index (χ1n) is 4.15. The number of para-hydroxylation sites is 1. The first-order valence-corrected chi connectivity index (χ1v) is 4.15. The van der Waals surface area contributed by atoms with Crippen molar-refractivity contribution in [2.75, 3.05) is 12.0 Å². The minimum Gasteiger partial charge on any atom is -0.492 e. The minimum absolute atomic E-state index is 0.0551. The zero-order chi connectivity index (χ0) is 9.68. The molecule has 0 bridgehead atoms. The number of hydrogen-bond donors (Lipinski definition) is 3. The third-order valence-corrected chi connectivity index (χ3v) is 1.73. The summed E-state index contributed by atoms with van der Waals surface area (Å²) in [5, 5.41) is 8.99. The molecule has 0 amide bonds. The summed E-state index contributed by atoms with van der Waals surface area (Å²) in [6, 6.07) is 5.41. The van der Waals surface area contributed by atoms with Crippen molar-refractivity contribution in [2.24, 2.45) is 5.84 Å². The zero-order valence-electron chi connectivity index (χ0n) is 7.58. The lowest BCUT2D eigenvalue weighted by molar-refractivity contribution is 0.281. The maximum atomic E-state index is 8.99. The number of anilines is 1. The predicted molar refractivity (Wildman–Crippen MR) is 51.3 cm³/mol. The molecular formula is C9H14N2O2. The van der Waals surface area contributed by atoms with E-state index in [4.69, 9.17) is 15.7 Å². The highest BCUT2D eigenvalue weighted by Gasteiger charge is 2.06. The Morgan fingerprint density at radius 2 is 2.31 bits per heavy atom. The van der Waals surface area contributed by atoms with Gasteiger partial charge in [-0.2, -0.15) is 0 Å². The molecule has 0 unspecified atom stereocenters. The van der Waals surface area contributed by atoms with E-state index in [9.17, 15) is 0 Å². The number of aliphatic hydroxyl groups excluding tert-OH is 1. The molecule has 0 aliphatic rings. The summed E-state index contributed by atoms with van der Waals surface area (Å²) >= 11 is 0. The first kappa shape index (κ1) is 9.83. The van der Waals surface area contributed by atoms with E-state index in [1.807, 2.05) is 13.0 Å². The van der Waals surface area contributed by atoms with Gasteiger partial charge in [0.25, 0.3) is 0 Å². The van der Waals surface area contributed by atoms with Crippen LogP contribution in [0.5, 0.6) is 5.75 Å². The Bertz CT molecular complexity index is 276. The summed E-state index contributed by atoms with van der Waals surface area (Å²) in [5.41, 5.74) is 3.89. The summed E-state index contributed by atoms with van der Waals surface area (Å²) in [6.45, 7) is 2.41. The van der Waals surface area contributed by atoms with Gasteiger partial charge in [-0.3, -0.25) is 5.84 Å². The van der Waals surface area contributed by atoms with Crippen molar-refractivity contribution in [3.63, 3.8) is 0 Å². The molecule has 0 saturated carbocycles. The molecule has 72 valence electrons. The van der Waals surface area contributed by atoms with Crippen molar-refractivity contribution in [1.29, 1.82) is 0 Å². The average molecular weight is 182 g/mol. The fourth-order valence-electron chi connectivity index (χ4n) is 1.15. The standard InChI is InChI=1S/C9H14N2O2/c1-2-13-8-5-3-4-7(6-12)9(8)11-10/h3-5,11-12H,2,6,10H2,1H3. The number of benzene rings is 1. The van der Waals surface area contributed by atoms with E-state index in [0.29, 0.717) is 18.0 Å². The molecule has 4 N–H and O–H groups in total. The Balaban J connectivity index is 3.03. The number of nitrogens with one attached hydrogen (secondary N) is 1. The second-order valence-corrected chi connectivity index (χ2v) is 2.53. The Morgan fingerprint density at radius 3 is 2.85 bits per heavy atom. The number of aliphatic hydroxyl groups is 1. The average Bonchev–Trinajstić information content (AvgIpc) is 2.18. The number of rotatable bonds is 4. The lowest BCUT2D eigenvalue weighted by atomic mass is 10.2. The van der Waals surface area contributed by atoms with Crippen LogP contribution in [-0.2, 0) is 6.61 Å². The molecule has 1 aromatic carbocycles. The van der Waals surface area contributed by atoms with Crippen molar-refractivity contribution in [1.82, 2.24) is 0 Å². The van der Waals surface area contributed by atoms with Crippen molar-refractivity contribution >= 4 is 5.69 Å². The molecule has 0 aromatic heterocycles. The number of hydrazine groups is 1. The quantitative estimate of drug-likeness (QED) is 0.477. The van der Waals surface area contributed by atoms with E-state index in [0.717, 1.165) is 5.56 Å². The maximum Gasteiger partial charge on any atom is 0.144 e. The van der Waals surface area contributed by atoms with Gasteiger partial charge in [0.05, 0.1) is 18.9 Å². The van der Waals surface area contributed by atoms with Crippen LogP contribution in [0.15, 0.2) is 18.2 Å². The van der Waals surface area contributed by atoms with Gasteiger partial charge in [-0.1, -0.05) is 12.1 Å². The van der Waals surface area contributed by atoms with Crippen LogP contribution in [0.1, 0.15) is 12.5 Å². The Kier molecular flexibility index (Phi) is 3.54. The molecule has 4 heteroatoms. The van der Waals surface area contributed by atoms with Crippen molar-refractivity contribution in [2.45, 2.75) is 13.5 Å². The van der Waals surface area contributed by atoms with Crippen LogP contribution in [0.4, 0.5) is 5.69 Å². The van der Waals surface area contributed by atoms with Crippen LogP contribution >= 0.6 is 0 Å². The summed E-state index contributed by atoms with van der Waals surface area (Å²) < 4.78 is 5.32. The molecule has 0 aliphatic heterocycles. The monoisotopic (exact) mass is 182 g/mol.